The fourth-order valence-corrected chi connectivity index (χ4v) is 0.363. The van der Waals surface area contributed by atoms with E-state index in [1.54, 1.807) is 24.5 Å². The Morgan fingerprint density at radius 2 is 1.75 bits per heavy atom. The van der Waals surface area contributed by atoms with Gasteiger partial charge in [-0.25, -0.2) is 0 Å². The van der Waals surface area contributed by atoms with Crippen molar-refractivity contribution in [3.05, 3.63) is 24.5 Å². The highest BCUT2D eigenvalue weighted by atomic mass is 35.5. The van der Waals surface area contributed by atoms with Gasteiger partial charge in [-0.1, -0.05) is 0 Å². The summed E-state index contributed by atoms with van der Waals surface area (Å²) in [6.07, 6.45) is 3.32. The molecule has 0 aliphatic rings. The Labute approximate surface area is 54.1 Å². The molecule has 3 heteroatoms. The van der Waals surface area contributed by atoms with Crippen molar-refractivity contribution in [3.8, 4) is 0 Å². The highest BCUT2D eigenvalue weighted by molar-refractivity contribution is 5.85. The molecule has 1 heterocycles. The first-order valence-corrected chi connectivity index (χ1v) is 2.05. The van der Waals surface area contributed by atoms with Crippen LogP contribution in [0.4, 0.5) is 5.69 Å². The summed E-state index contributed by atoms with van der Waals surface area (Å²) >= 11 is 0. The number of halogens is 1. The molecule has 0 unspecified atom stereocenters. The quantitative estimate of drug-likeness (QED) is 0.571. The Hall–Kier alpha value is -0.760. The van der Waals surface area contributed by atoms with Gasteiger partial charge in [-0.2, -0.15) is 0 Å². The van der Waals surface area contributed by atoms with E-state index in [1.807, 2.05) is 0 Å². The lowest BCUT2D eigenvalue weighted by molar-refractivity contribution is 1.33. The normalized spacial score (nSPS) is 7.50. The highest BCUT2D eigenvalue weighted by Crippen LogP contribution is 1.92. The molecular weight excluding hydrogens is 124 g/mol. The molecule has 0 aliphatic carbocycles. The summed E-state index contributed by atoms with van der Waals surface area (Å²) < 4.78 is 0. The third-order valence-electron chi connectivity index (χ3n) is 0.706. The highest BCUT2D eigenvalue weighted by Gasteiger charge is 1.73. The molecule has 8 heavy (non-hydrogen) atoms. The monoisotopic (exact) mass is 130 g/mol. The number of hydrogen-bond acceptors (Lipinski definition) is 2. The number of rotatable bonds is 0. The molecule has 0 spiro atoms. The van der Waals surface area contributed by atoms with Crippen LogP contribution in [0.2, 0.25) is 0 Å². The van der Waals surface area contributed by atoms with Gasteiger partial charge in [0.1, 0.15) is 0 Å². The maximum Gasteiger partial charge on any atom is 0.0344 e. The van der Waals surface area contributed by atoms with Crippen LogP contribution in [0.15, 0.2) is 24.5 Å². The first-order chi connectivity index (χ1) is 3.39. The summed E-state index contributed by atoms with van der Waals surface area (Å²) in [5.41, 5.74) is 6.08. The van der Waals surface area contributed by atoms with E-state index in [0.717, 1.165) is 5.69 Å². The number of nitrogens with zero attached hydrogens (tertiary/aromatic N) is 1. The predicted molar refractivity (Wildman–Crippen MR) is 35.9 cm³/mol. The first-order valence-electron chi connectivity index (χ1n) is 2.05. The van der Waals surface area contributed by atoms with Gasteiger partial charge in [0, 0.05) is 18.1 Å². The van der Waals surface area contributed by atoms with Crippen molar-refractivity contribution in [1.29, 1.82) is 0 Å². The third kappa shape index (κ3) is 1.80. The van der Waals surface area contributed by atoms with Gasteiger partial charge in [0.2, 0.25) is 0 Å². The Kier molecular flexibility index (Phi) is 2.96. The molecule has 0 saturated carbocycles. The summed E-state index contributed by atoms with van der Waals surface area (Å²) in [4.78, 5) is 3.77. The zero-order valence-electron chi connectivity index (χ0n) is 4.24. The van der Waals surface area contributed by atoms with Gasteiger partial charge < -0.3 is 5.73 Å². The van der Waals surface area contributed by atoms with E-state index in [0.29, 0.717) is 0 Å². The molecule has 0 fully saturated rings. The molecular formula is C5H7ClN2. The fraction of sp³-hybridized carbons (Fsp3) is 0. The van der Waals surface area contributed by atoms with Crippen LogP contribution in [0.5, 0.6) is 0 Å². The van der Waals surface area contributed by atoms with Crippen LogP contribution >= 0.6 is 12.4 Å². The van der Waals surface area contributed by atoms with Crippen LogP contribution in [-0.4, -0.2) is 4.98 Å². The molecule has 0 saturated heterocycles. The second kappa shape index (κ2) is 3.27. The minimum absolute atomic E-state index is 0. The minimum Gasteiger partial charge on any atom is -0.399 e. The molecule has 0 aromatic carbocycles. The molecule has 2 N–H and O–H groups in total. The number of nitrogen functional groups attached to an aromatic ring is 1. The van der Waals surface area contributed by atoms with Crippen molar-refractivity contribution >= 4 is 18.1 Å². The predicted octanol–water partition coefficient (Wildman–Crippen LogP) is 1.09. The first kappa shape index (κ1) is 7.24. The molecule has 1 rings (SSSR count). The van der Waals surface area contributed by atoms with E-state index in [1.165, 1.54) is 0 Å². The average Bonchev–Trinajstić information content (AvgIpc) is 1.69. The summed E-state index contributed by atoms with van der Waals surface area (Å²) in [7, 11) is 0. The van der Waals surface area contributed by atoms with E-state index in [4.69, 9.17) is 5.73 Å². The van der Waals surface area contributed by atoms with Crippen molar-refractivity contribution in [2.45, 2.75) is 0 Å². The lowest BCUT2D eigenvalue weighted by Gasteiger charge is -1.83. The second-order valence-electron chi connectivity index (χ2n) is 1.28. The van der Waals surface area contributed by atoms with Crippen molar-refractivity contribution in [2.75, 3.05) is 5.73 Å². The topological polar surface area (TPSA) is 38.9 Å². The Morgan fingerprint density at radius 1 is 1.25 bits per heavy atom. The molecule has 0 amide bonds. The molecule has 0 radical (unpaired) electrons. The largest absolute Gasteiger partial charge is 0.399 e. The summed E-state index contributed by atoms with van der Waals surface area (Å²) in [5.74, 6) is 0. The van der Waals surface area contributed by atoms with E-state index in [2.05, 4.69) is 4.98 Å². The third-order valence-corrected chi connectivity index (χ3v) is 0.706. The fourth-order valence-electron chi connectivity index (χ4n) is 0.363. The number of aromatic nitrogens is 1. The number of hydrogen-bond donors (Lipinski definition) is 1. The molecule has 1 aromatic rings. The van der Waals surface area contributed by atoms with Gasteiger partial charge in [0.25, 0.3) is 0 Å². The smallest absolute Gasteiger partial charge is 0.0344 e. The van der Waals surface area contributed by atoms with Crippen molar-refractivity contribution in [1.82, 2.24) is 4.98 Å². The molecule has 0 aliphatic heterocycles. The van der Waals surface area contributed by atoms with E-state index >= 15 is 0 Å². The van der Waals surface area contributed by atoms with Crippen LogP contribution in [0.1, 0.15) is 0 Å². The van der Waals surface area contributed by atoms with Crippen LogP contribution in [0, 0.1) is 0 Å². The van der Waals surface area contributed by atoms with Gasteiger partial charge in [-0.3, -0.25) is 4.98 Å². The van der Waals surface area contributed by atoms with Crippen LogP contribution in [0.3, 0.4) is 0 Å². The molecule has 0 atom stereocenters. The molecule has 2 nitrogen and oxygen atoms in total. The SMILES string of the molecule is Cl.Nc1ccncc1. The van der Waals surface area contributed by atoms with Gasteiger partial charge in [0.05, 0.1) is 0 Å². The second-order valence-corrected chi connectivity index (χ2v) is 1.28. The summed E-state index contributed by atoms with van der Waals surface area (Å²) in [6, 6.07) is 3.50. The maximum atomic E-state index is 5.32. The van der Waals surface area contributed by atoms with E-state index < -0.39 is 0 Å². The van der Waals surface area contributed by atoms with Gasteiger partial charge in [-0.15, -0.1) is 12.4 Å². The Balaban J connectivity index is 0.000000490. The van der Waals surface area contributed by atoms with E-state index in [9.17, 15) is 0 Å². The Morgan fingerprint density at radius 3 is 2.00 bits per heavy atom. The minimum atomic E-state index is 0. The summed E-state index contributed by atoms with van der Waals surface area (Å²) in [6.45, 7) is 0. The lowest BCUT2D eigenvalue weighted by Crippen LogP contribution is -1.81. The zero-order valence-corrected chi connectivity index (χ0v) is 5.06. The maximum absolute atomic E-state index is 5.32. The average molecular weight is 131 g/mol. The van der Waals surface area contributed by atoms with Crippen molar-refractivity contribution in [3.63, 3.8) is 0 Å². The van der Waals surface area contributed by atoms with Gasteiger partial charge >= 0.3 is 0 Å². The number of pyridine rings is 1. The zero-order chi connectivity index (χ0) is 5.11. The molecule has 1 aromatic heterocycles. The standard InChI is InChI=1S/C5H6N2.ClH/c6-5-1-3-7-4-2-5;/h1-4H,(H2,6,7);1H. The van der Waals surface area contributed by atoms with Crippen LogP contribution < -0.4 is 5.73 Å². The molecule has 44 valence electrons. The Bertz CT molecular complexity index is 140. The van der Waals surface area contributed by atoms with Gasteiger partial charge in [0.15, 0.2) is 0 Å². The van der Waals surface area contributed by atoms with Crippen molar-refractivity contribution in [2.24, 2.45) is 0 Å². The van der Waals surface area contributed by atoms with E-state index in [-0.39, 0.29) is 12.4 Å². The van der Waals surface area contributed by atoms with Crippen LogP contribution in [-0.2, 0) is 0 Å². The van der Waals surface area contributed by atoms with Crippen molar-refractivity contribution < 1.29 is 0 Å². The number of nitrogens with two attached hydrogens (primary N) is 1. The number of anilines is 1. The van der Waals surface area contributed by atoms with Crippen LogP contribution in [0.25, 0.3) is 0 Å². The molecule has 0 bridgehead atoms. The van der Waals surface area contributed by atoms with Gasteiger partial charge in [-0.05, 0) is 12.1 Å². The summed E-state index contributed by atoms with van der Waals surface area (Å²) in [5, 5.41) is 0. The lowest BCUT2D eigenvalue weighted by atomic mass is 10.4.